The average Bonchev–Trinajstić information content (AvgIpc) is 2.34. The summed E-state index contributed by atoms with van der Waals surface area (Å²) in [4.78, 5) is 36.0. The van der Waals surface area contributed by atoms with Gasteiger partial charge >= 0.3 is 19.8 Å². The van der Waals surface area contributed by atoms with Crippen LogP contribution in [-0.2, 0) is 32.7 Å². The molecule has 534 valence electrons. The van der Waals surface area contributed by atoms with Gasteiger partial charge in [0.05, 0.1) is 27.7 Å². The van der Waals surface area contributed by atoms with Crippen molar-refractivity contribution in [1.82, 2.24) is 0 Å². The summed E-state index contributed by atoms with van der Waals surface area (Å²) in [6.07, 6.45) is 101. The number of rotatable bonds is 72. The molecule has 0 bridgehead atoms. The molecule has 1 N–H and O–H groups in total. The van der Waals surface area contributed by atoms with Crippen LogP contribution in [0.25, 0.3) is 0 Å². The molecule has 0 aromatic rings. The Kier molecular flexibility index (Phi) is 69.8. The first kappa shape index (κ1) is 88.9. The molecule has 0 radical (unpaired) electrons. The van der Waals surface area contributed by atoms with Gasteiger partial charge in [0.1, 0.15) is 19.8 Å². The Balaban J connectivity index is 4.00. The largest absolute Gasteiger partial charge is 0.472 e. The van der Waals surface area contributed by atoms with Crippen molar-refractivity contribution < 1.29 is 42.1 Å². The van der Waals surface area contributed by atoms with Gasteiger partial charge in [-0.05, 0) is 77.0 Å². The number of hydrogen-bond donors (Lipinski definition) is 1. The lowest BCUT2D eigenvalue weighted by atomic mass is 10.0. The van der Waals surface area contributed by atoms with Crippen LogP contribution >= 0.6 is 7.82 Å². The molecule has 2 unspecified atom stereocenters. The number of carbonyl (C=O) groups excluding carboxylic acids is 2. The number of phosphoric ester groups is 1. The molecule has 2 atom stereocenters. The van der Waals surface area contributed by atoms with E-state index in [1.54, 1.807) is 0 Å². The Morgan fingerprint density at radius 2 is 0.620 bits per heavy atom. The molecule has 0 aromatic carbocycles. The standard InChI is InChI=1S/C82H148NO8P/c1-6-8-10-12-14-16-18-20-22-24-26-28-30-32-34-36-38-39-40-41-42-43-45-47-49-51-53-55-57-59-61-63-65-67-69-71-73-75-82(85)91-80(79-90-92(86,87)89-77-76-83(3,4)5)78-88-81(84)74-72-70-68-66-64-62-60-58-56-54-52-50-48-46-44-37-35-33-31-29-27-25-23-21-19-17-15-13-11-9-7-2/h8,10,14,16,20,22,26,28,32,34,38-39,41-42,45,47,80H,6-7,9,11-13,15,17-19,21,23-25,27,29-31,33,35-37,40,43-44,46,48-79H2,1-5H3/p+1/b10-8-,16-14-,22-20-,28-26-,34-32-,39-38-,42-41-,47-45-. The molecule has 0 heterocycles. The Hall–Kier alpha value is -3.07. The second-order valence-corrected chi connectivity index (χ2v) is 28.8. The fourth-order valence-electron chi connectivity index (χ4n) is 11.2. The maximum absolute atomic E-state index is 12.9. The number of nitrogens with zero attached hydrogens (tertiary/aromatic N) is 1. The summed E-state index contributed by atoms with van der Waals surface area (Å²) in [5.74, 6) is -0.786. The number of ether oxygens (including phenoxy) is 2. The molecule has 0 saturated carbocycles. The number of hydrogen-bond acceptors (Lipinski definition) is 7. The van der Waals surface area contributed by atoms with Gasteiger partial charge in [-0.3, -0.25) is 18.6 Å². The zero-order valence-corrected chi connectivity index (χ0v) is 61.9. The van der Waals surface area contributed by atoms with Crippen molar-refractivity contribution in [3.63, 3.8) is 0 Å². The van der Waals surface area contributed by atoms with Crippen molar-refractivity contribution in [2.45, 2.75) is 367 Å². The normalized spacial score (nSPS) is 13.6. The van der Waals surface area contributed by atoms with Crippen molar-refractivity contribution in [1.29, 1.82) is 0 Å². The highest BCUT2D eigenvalue weighted by Gasteiger charge is 2.27. The predicted molar refractivity (Wildman–Crippen MR) is 399 cm³/mol. The number of carbonyl (C=O) groups is 2. The minimum absolute atomic E-state index is 0.0300. The van der Waals surface area contributed by atoms with Gasteiger partial charge in [0.25, 0.3) is 0 Å². The van der Waals surface area contributed by atoms with Crippen LogP contribution in [0, 0.1) is 0 Å². The lowest BCUT2D eigenvalue weighted by Gasteiger charge is -2.24. The van der Waals surface area contributed by atoms with Crippen LogP contribution in [0.5, 0.6) is 0 Å². The molecule has 0 spiro atoms. The van der Waals surface area contributed by atoms with Gasteiger partial charge in [-0.15, -0.1) is 0 Å². The molecule has 0 aliphatic rings. The van der Waals surface area contributed by atoms with Crippen LogP contribution < -0.4 is 0 Å². The molecule has 0 rings (SSSR count). The third-order valence-electron chi connectivity index (χ3n) is 17.1. The number of likely N-dealkylation sites (N-methyl/N-ethyl adjacent to an activating group) is 1. The van der Waals surface area contributed by atoms with Gasteiger partial charge in [0.2, 0.25) is 0 Å². The lowest BCUT2D eigenvalue weighted by molar-refractivity contribution is -0.870. The van der Waals surface area contributed by atoms with Gasteiger partial charge in [-0.25, -0.2) is 4.57 Å². The highest BCUT2D eigenvalue weighted by Crippen LogP contribution is 2.43. The van der Waals surface area contributed by atoms with E-state index in [1.807, 2.05) is 21.1 Å². The van der Waals surface area contributed by atoms with Crippen LogP contribution in [0.4, 0.5) is 0 Å². The topological polar surface area (TPSA) is 108 Å². The van der Waals surface area contributed by atoms with Crippen LogP contribution in [0.1, 0.15) is 361 Å². The first-order valence-corrected chi connectivity index (χ1v) is 40.5. The van der Waals surface area contributed by atoms with Crippen molar-refractivity contribution in [2.75, 3.05) is 47.5 Å². The second kappa shape index (κ2) is 72.2. The van der Waals surface area contributed by atoms with Gasteiger partial charge in [-0.1, -0.05) is 368 Å². The average molecular weight is 1310 g/mol. The summed E-state index contributed by atoms with van der Waals surface area (Å²) >= 11 is 0. The Bertz CT molecular complexity index is 1880. The molecular weight excluding hydrogens is 1160 g/mol. The third kappa shape index (κ3) is 76.0. The molecule has 0 fully saturated rings. The van der Waals surface area contributed by atoms with Gasteiger partial charge in [0, 0.05) is 12.8 Å². The maximum atomic E-state index is 12.9. The smallest absolute Gasteiger partial charge is 0.462 e. The summed E-state index contributed by atoms with van der Waals surface area (Å²) in [5.41, 5.74) is 0. The Morgan fingerprint density at radius 1 is 0.348 bits per heavy atom. The fourth-order valence-corrected chi connectivity index (χ4v) is 12.0. The molecule has 0 saturated heterocycles. The van der Waals surface area contributed by atoms with Crippen molar-refractivity contribution >= 4 is 19.8 Å². The molecule has 0 aromatic heterocycles. The van der Waals surface area contributed by atoms with E-state index in [-0.39, 0.29) is 25.6 Å². The minimum Gasteiger partial charge on any atom is -0.462 e. The highest BCUT2D eigenvalue weighted by atomic mass is 31.2. The molecule has 92 heavy (non-hydrogen) atoms. The molecule has 0 aliphatic carbocycles. The monoisotopic (exact) mass is 1310 g/mol. The Morgan fingerprint density at radius 3 is 0.924 bits per heavy atom. The van der Waals surface area contributed by atoms with E-state index in [0.717, 1.165) is 89.9 Å². The maximum Gasteiger partial charge on any atom is 0.472 e. The van der Waals surface area contributed by atoms with Crippen LogP contribution in [-0.4, -0.2) is 74.9 Å². The summed E-state index contributed by atoms with van der Waals surface area (Å²) in [5, 5.41) is 0. The molecule has 0 aliphatic heterocycles. The van der Waals surface area contributed by atoms with Gasteiger partial charge < -0.3 is 18.9 Å². The number of allylic oxidation sites excluding steroid dienone is 16. The molecule has 10 heteroatoms. The van der Waals surface area contributed by atoms with E-state index in [1.165, 1.54) is 238 Å². The zero-order valence-electron chi connectivity index (χ0n) is 61.0. The third-order valence-corrected chi connectivity index (χ3v) is 18.1. The fraction of sp³-hybridized carbons (Fsp3) is 0.780. The number of unbranched alkanes of at least 4 members (excludes halogenated alkanes) is 42. The van der Waals surface area contributed by atoms with Crippen molar-refractivity contribution in [2.24, 2.45) is 0 Å². The zero-order chi connectivity index (χ0) is 66.9. The van der Waals surface area contributed by atoms with E-state index in [4.69, 9.17) is 18.5 Å². The van der Waals surface area contributed by atoms with E-state index in [0.29, 0.717) is 23.9 Å². The predicted octanol–water partition coefficient (Wildman–Crippen LogP) is 25.8. The quantitative estimate of drug-likeness (QED) is 0.0211. The molecule has 0 amide bonds. The second-order valence-electron chi connectivity index (χ2n) is 27.4. The number of quaternary nitrogens is 1. The van der Waals surface area contributed by atoms with Crippen LogP contribution in [0.3, 0.4) is 0 Å². The summed E-state index contributed by atoms with van der Waals surface area (Å²) in [6, 6.07) is 0. The first-order chi connectivity index (χ1) is 45.0. The number of esters is 2. The SMILES string of the molecule is CC/C=C\C/C=C\C/C=C\C/C=C\C/C=C\C/C=C\C/C=C\C/C=C\CCCCCCCCCCCCCCC(=O)OC(COC(=O)CCCCCCCCCCCCCCCCCCCCCCCCCCCCCCCCC)COP(=O)(O)OCC[N+](C)(C)C. The van der Waals surface area contributed by atoms with Gasteiger partial charge in [0.15, 0.2) is 6.10 Å². The lowest BCUT2D eigenvalue weighted by Crippen LogP contribution is -2.37. The molecular formula is C82H149NO8P+. The van der Waals surface area contributed by atoms with Crippen molar-refractivity contribution in [3.05, 3.63) is 97.2 Å². The number of phosphoric acid groups is 1. The van der Waals surface area contributed by atoms with Crippen LogP contribution in [0.15, 0.2) is 97.2 Å². The highest BCUT2D eigenvalue weighted by molar-refractivity contribution is 7.47. The van der Waals surface area contributed by atoms with Gasteiger partial charge in [-0.2, -0.15) is 0 Å². The summed E-state index contributed by atoms with van der Waals surface area (Å²) in [6.45, 7) is 4.37. The first-order valence-electron chi connectivity index (χ1n) is 39.0. The van der Waals surface area contributed by atoms with E-state index < -0.39 is 26.5 Å². The summed E-state index contributed by atoms with van der Waals surface area (Å²) < 4.78 is 34.8. The van der Waals surface area contributed by atoms with Crippen LogP contribution in [0.2, 0.25) is 0 Å². The molecule has 9 nitrogen and oxygen atoms in total. The van der Waals surface area contributed by atoms with E-state index in [9.17, 15) is 19.0 Å². The summed E-state index contributed by atoms with van der Waals surface area (Å²) in [7, 11) is 1.48. The van der Waals surface area contributed by atoms with Crippen molar-refractivity contribution in [3.8, 4) is 0 Å². The van der Waals surface area contributed by atoms with E-state index in [2.05, 4.69) is 111 Å². The Labute approximate surface area is 570 Å². The minimum atomic E-state index is -4.40. The van der Waals surface area contributed by atoms with E-state index >= 15 is 0 Å².